The van der Waals surface area contributed by atoms with Gasteiger partial charge in [0.2, 0.25) is 0 Å². The van der Waals surface area contributed by atoms with Crippen LogP contribution >= 0.6 is 0 Å². The summed E-state index contributed by atoms with van der Waals surface area (Å²) in [5.74, 6) is -6.37. The van der Waals surface area contributed by atoms with Crippen LogP contribution in [0.3, 0.4) is 0 Å². The van der Waals surface area contributed by atoms with Gasteiger partial charge in [-0.1, -0.05) is 0 Å². The summed E-state index contributed by atoms with van der Waals surface area (Å²) in [5, 5.41) is 70.6. The molecular weight excluding hydrogens is 528 g/mol. The van der Waals surface area contributed by atoms with Gasteiger partial charge in [-0.3, -0.25) is 9.59 Å². The van der Waals surface area contributed by atoms with Gasteiger partial charge in [0, 0.05) is 37.3 Å². The minimum absolute atomic E-state index is 0.0436. The molecule has 1 aliphatic carbocycles. The van der Waals surface area contributed by atoms with Crippen molar-refractivity contribution in [2.45, 2.75) is 37.6 Å². The first-order valence-corrected chi connectivity index (χ1v) is 11.1. The van der Waals surface area contributed by atoms with Crippen molar-refractivity contribution >= 4 is 11.9 Å². The lowest BCUT2D eigenvalue weighted by atomic mass is 9.99. The minimum Gasteiger partial charge on any atom is -0.507 e. The third kappa shape index (κ3) is 5.59. The molecule has 208 valence electrons. The second-order valence-electron chi connectivity index (χ2n) is 8.47. The molecule has 2 aliphatic heterocycles. The zero-order chi connectivity index (χ0) is 28.6. The molecule has 2 heterocycles. The van der Waals surface area contributed by atoms with Gasteiger partial charge in [-0.2, -0.15) is 0 Å². The summed E-state index contributed by atoms with van der Waals surface area (Å²) in [6.07, 6.45) is -8.72. The van der Waals surface area contributed by atoms with E-state index in [1.54, 1.807) is 0 Å². The molecule has 8 N–H and O–H groups in total. The van der Waals surface area contributed by atoms with Crippen LogP contribution in [0.4, 0.5) is 0 Å². The number of esters is 2. The van der Waals surface area contributed by atoms with Gasteiger partial charge in [0.15, 0.2) is 34.5 Å². The standard InChI is InChI=1S/C24H22O15/c1-8(25)35-7-17-19(32)20(33)21(38-22(34)9-2-13(28)18(31)14(29)3-9)24(37-17)39-23-15(30)6-11-12(27)4-10(26)5-16(11)36-23/h2-6,17,19-21,24,27-33H,7H2,1H3/p+1/t17-,19+,20+,21-,24+/m1/s1. The maximum atomic E-state index is 11.8. The maximum Gasteiger partial charge on any atom is 0.518 e. The number of benzene rings is 2. The molecule has 5 atom stereocenters. The lowest BCUT2D eigenvalue weighted by Gasteiger charge is -2.38. The fourth-order valence-electron chi connectivity index (χ4n) is 3.74. The molecule has 15 heteroatoms. The molecule has 0 spiro atoms. The zero-order valence-corrected chi connectivity index (χ0v) is 19.9. The zero-order valence-electron chi connectivity index (χ0n) is 19.9. The first-order chi connectivity index (χ1) is 18.3. The van der Waals surface area contributed by atoms with Gasteiger partial charge in [0.1, 0.15) is 35.9 Å². The quantitative estimate of drug-likeness (QED) is 0.117. The number of aromatic hydroxyl groups is 5. The smallest absolute Gasteiger partial charge is 0.507 e. The van der Waals surface area contributed by atoms with Crippen LogP contribution in [0.1, 0.15) is 12.5 Å². The molecule has 0 aromatic heterocycles. The molecule has 0 unspecified atom stereocenters. The summed E-state index contributed by atoms with van der Waals surface area (Å²) in [4.78, 5) is 33.5. The highest BCUT2D eigenvalue weighted by Crippen LogP contribution is 2.40. The Kier molecular flexibility index (Phi) is 7.40. The van der Waals surface area contributed by atoms with Gasteiger partial charge >= 0.3 is 17.9 Å². The number of fused-ring (bicyclic) bond motifs is 1. The van der Waals surface area contributed by atoms with Crippen LogP contribution < -0.4 is 10.2 Å². The maximum absolute atomic E-state index is 11.8. The number of ether oxygens (including phenoxy) is 4. The fraction of sp³-hybridized carbons (Fsp3) is 0.292. The average molecular weight is 551 g/mol. The third-order valence-electron chi connectivity index (χ3n) is 5.67. The van der Waals surface area contributed by atoms with Crippen LogP contribution in [-0.2, 0) is 19.0 Å². The Labute approximate surface area is 217 Å². The number of hydrogen-bond donors (Lipinski definition) is 7. The summed E-state index contributed by atoms with van der Waals surface area (Å²) < 4.78 is 26.6. The van der Waals surface area contributed by atoms with Crippen molar-refractivity contribution < 1.29 is 68.7 Å². The Hall–Kier alpha value is -4.73. The molecule has 0 bridgehead atoms. The van der Waals surface area contributed by atoms with E-state index >= 15 is 0 Å². The van der Waals surface area contributed by atoms with Crippen LogP contribution in [0, 0.1) is 0 Å². The van der Waals surface area contributed by atoms with Gasteiger partial charge in [0.25, 0.3) is 12.4 Å². The van der Waals surface area contributed by atoms with Crippen LogP contribution in [0.25, 0.3) is 11.3 Å². The number of aliphatic hydroxyl groups is 2. The Morgan fingerprint density at radius 2 is 1.62 bits per heavy atom. The van der Waals surface area contributed by atoms with Gasteiger partial charge < -0.3 is 63.9 Å². The van der Waals surface area contributed by atoms with E-state index in [0.29, 0.717) is 0 Å². The highest BCUT2D eigenvalue weighted by Gasteiger charge is 2.53. The van der Waals surface area contributed by atoms with Crippen LogP contribution in [0.5, 0.6) is 34.7 Å². The van der Waals surface area contributed by atoms with E-state index in [2.05, 4.69) is 0 Å². The molecular formula is C24H23O15+. The Balaban J connectivity index is 1.68. The number of rotatable bonds is 6. The van der Waals surface area contributed by atoms with E-state index in [1.807, 2.05) is 0 Å². The van der Waals surface area contributed by atoms with Crippen molar-refractivity contribution in [3.05, 3.63) is 46.1 Å². The molecule has 0 saturated carbocycles. The second-order valence-corrected chi connectivity index (χ2v) is 8.47. The Bertz CT molecular complexity index is 1410. The van der Waals surface area contributed by atoms with Gasteiger partial charge in [-0.25, -0.2) is 0 Å². The lowest BCUT2D eigenvalue weighted by Crippen LogP contribution is -2.61. The van der Waals surface area contributed by atoms with E-state index < -0.39 is 89.4 Å². The first-order valence-electron chi connectivity index (χ1n) is 11.1. The largest absolute Gasteiger partial charge is 0.518 e. The van der Waals surface area contributed by atoms with Crippen molar-refractivity contribution in [1.82, 2.24) is 0 Å². The molecule has 3 aliphatic rings. The predicted octanol–water partition coefficient (Wildman–Crippen LogP) is -0.403. The number of phenolic OH excluding ortho intramolecular Hbond substituents is 4. The first kappa shape index (κ1) is 27.3. The van der Waals surface area contributed by atoms with Crippen LogP contribution in [-0.4, -0.2) is 89.8 Å². The van der Waals surface area contributed by atoms with Crippen molar-refractivity contribution in [1.29, 1.82) is 0 Å². The van der Waals surface area contributed by atoms with Crippen LogP contribution in [0.2, 0.25) is 0 Å². The van der Waals surface area contributed by atoms with Crippen LogP contribution in [0.15, 0.2) is 39.5 Å². The molecule has 1 aromatic rings. The third-order valence-corrected chi connectivity index (χ3v) is 5.67. The summed E-state index contributed by atoms with van der Waals surface area (Å²) >= 11 is 0. The van der Waals surface area contributed by atoms with E-state index in [1.165, 1.54) is 0 Å². The molecule has 39 heavy (non-hydrogen) atoms. The summed E-state index contributed by atoms with van der Waals surface area (Å²) in [6.45, 7) is 0.538. The second kappa shape index (κ2) is 10.6. The van der Waals surface area contributed by atoms with Gasteiger partial charge in [0.05, 0.1) is 5.56 Å². The number of hydrogen-bond acceptors (Lipinski definition) is 14. The van der Waals surface area contributed by atoms with Crippen molar-refractivity contribution in [2.75, 3.05) is 6.61 Å². The molecule has 1 aromatic carbocycles. The lowest BCUT2D eigenvalue weighted by molar-refractivity contribution is -0.278. The summed E-state index contributed by atoms with van der Waals surface area (Å²) in [6, 6.07) is 4.51. The normalized spacial score (nSPS) is 22.8. The van der Waals surface area contributed by atoms with Crippen molar-refractivity contribution in [2.24, 2.45) is 0 Å². The SMILES string of the molecule is CC(=O)OC[C@H]1O[C@@H](Oc2oc3cc(=O)cc(O)c-3cc2O)[C@H](OC(=[OH+])c2cc(O)c(O)c(O)c2)[C@@H](O)[C@H]1O. The highest BCUT2D eigenvalue weighted by atomic mass is 16.7. The predicted molar refractivity (Wildman–Crippen MR) is 125 cm³/mol. The average Bonchev–Trinajstić information content (AvgIpc) is 2.86. The molecule has 1 fully saturated rings. The molecule has 4 rings (SSSR count). The summed E-state index contributed by atoms with van der Waals surface area (Å²) in [7, 11) is 0. The van der Waals surface area contributed by atoms with Crippen molar-refractivity contribution in [3.63, 3.8) is 0 Å². The van der Waals surface area contributed by atoms with Gasteiger partial charge in [-0.15, -0.1) is 0 Å². The van der Waals surface area contributed by atoms with E-state index in [9.17, 15) is 50.1 Å². The van der Waals surface area contributed by atoms with E-state index in [0.717, 1.165) is 37.3 Å². The van der Waals surface area contributed by atoms with Crippen molar-refractivity contribution in [3.8, 4) is 46.0 Å². The highest BCUT2D eigenvalue weighted by molar-refractivity contribution is 5.92. The molecule has 0 amide bonds. The number of carbonyl (C=O) groups is 1. The fourth-order valence-corrected chi connectivity index (χ4v) is 3.74. The topological polar surface area (TPSA) is 247 Å². The monoisotopic (exact) mass is 551 g/mol. The molecule has 0 radical (unpaired) electrons. The summed E-state index contributed by atoms with van der Waals surface area (Å²) in [5.41, 5.74) is -1.05. The Morgan fingerprint density at radius 3 is 2.26 bits per heavy atom. The van der Waals surface area contributed by atoms with Gasteiger partial charge in [-0.05, 0) is 0 Å². The van der Waals surface area contributed by atoms with E-state index in [-0.39, 0.29) is 16.9 Å². The number of carbonyl (C=O) groups excluding carboxylic acids is 2. The van der Waals surface area contributed by atoms with E-state index in [4.69, 9.17) is 23.4 Å². The number of phenols is 4. The number of aliphatic hydroxyl groups excluding tert-OH is 2. The minimum atomic E-state index is -1.91. The molecule has 15 nitrogen and oxygen atoms in total. The molecule has 1 saturated heterocycles. The Morgan fingerprint density at radius 1 is 0.949 bits per heavy atom.